The molecule has 0 amide bonds. The summed E-state index contributed by atoms with van der Waals surface area (Å²) >= 11 is 0. The number of rotatable bonds is 32. The molecule has 38 heavy (non-hydrogen) atoms. The summed E-state index contributed by atoms with van der Waals surface area (Å²) in [6.45, 7) is 4.54. The highest BCUT2D eigenvalue weighted by Gasteiger charge is 1.94. The second kappa shape index (κ2) is 36.1. The van der Waals surface area contributed by atoms with Crippen molar-refractivity contribution in [3.05, 3.63) is 36.5 Å². The van der Waals surface area contributed by atoms with Crippen LogP contribution in [0.5, 0.6) is 0 Å². The second-order valence-electron chi connectivity index (χ2n) is 11.2. The minimum atomic E-state index is 0.350. The molecular formula is C36H68O2. The van der Waals surface area contributed by atoms with E-state index >= 15 is 0 Å². The van der Waals surface area contributed by atoms with Crippen LogP contribution in [0.3, 0.4) is 0 Å². The van der Waals surface area contributed by atoms with E-state index in [-0.39, 0.29) is 0 Å². The quantitative estimate of drug-likeness (QED) is 0.0689. The standard InChI is InChI=1S/C36H68O2/c1-2-3-4-5-6-7-8-9-10-14-17-20-23-26-29-32-35-38-36-33-30-27-24-21-18-15-12-11-13-16-19-22-25-28-31-34-37/h9-12,18,21,37H,2-8,13-17,19-20,22-36H2,1H3/b10-9?,12-11+,21-18?. The van der Waals surface area contributed by atoms with Crippen LogP contribution in [0.25, 0.3) is 0 Å². The van der Waals surface area contributed by atoms with E-state index in [9.17, 15) is 0 Å². The molecule has 0 saturated heterocycles. The summed E-state index contributed by atoms with van der Waals surface area (Å²) in [5.41, 5.74) is 0. The Balaban J connectivity index is 3.16. The molecule has 0 unspecified atom stereocenters. The maximum Gasteiger partial charge on any atom is 0.0466 e. The van der Waals surface area contributed by atoms with Crippen LogP contribution < -0.4 is 0 Å². The van der Waals surface area contributed by atoms with Crippen molar-refractivity contribution >= 4 is 0 Å². The molecule has 0 heterocycles. The van der Waals surface area contributed by atoms with Gasteiger partial charge < -0.3 is 9.84 Å². The van der Waals surface area contributed by atoms with E-state index in [0.717, 1.165) is 26.1 Å². The Morgan fingerprint density at radius 2 is 0.737 bits per heavy atom. The van der Waals surface area contributed by atoms with Gasteiger partial charge in [0, 0.05) is 19.8 Å². The lowest BCUT2D eigenvalue weighted by Gasteiger charge is -2.04. The molecule has 0 aliphatic heterocycles. The monoisotopic (exact) mass is 533 g/mol. The third kappa shape index (κ3) is 35.1. The van der Waals surface area contributed by atoms with Crippen molar-refractivity contribution in [3.63, 3.8) is 0 Å². The highest BCUT2D eigenvalue weighted by Crippen LogP contribution is 2.11. The molecule has 1 N–H and O–H groups in total. The van der Waals surface area contributed by atoms with E-state index in [1.54, 1.807) is 0 Å². The molecule has 0 aromatic carbocycles. The van der Waals surface area contributed by atoms with E-state index in [1.807, 2.05) is 0 Å². The van der Waals surface area contributed by atoms with Crippen LogP contribution in [0.4, 0.5) is 0 Å². The van der Waals surface area contributed by atoms with Gasteiger partial charge in [-0.05, 0) is 77.0 Å². The number of ether oxygens (including phenoxy) is 1. The van der Waals surface area contributed by atoms with Crippen molar-refractivity contribution in [2.24, 2.45) is 0 Å². The van der Waals surface area contributed by atoms with Crippen LogP contribution in [0.2, 0.25) is 0 Å². The summed E-state index contributed by atoms with van der Waals surface area (Å²) in [6, 6.07) is 0. The van der Waals surface area contributed by atoms with Crippen molar-refractivity contribution < 1.29 is 9.84 Å². The molecular weight excluding hydrogens is 464 g/mol. The fourth-order valence-corrected chi connectivity index (χ4v) is 4.78. The van der Waals surface area contributed by atoms with Gasteiger partial charge in [0.2, 0.25) is 0 Å². The van der Waals surface area contributed by atoms with Crippen LogP contribution in [0.15, 0.2) is 36.5 Å². The Bertz CT molecular complexity index is 494. The molecule has 0 aromatic rings. The molecule has 0 spiro atoms. The highest BCUT2D eigenvalue weighted by molar-refractivity contribution is 4.92. The molecule has 0 aliphatic rings. The first kappa shape index (κ1) is 37.1. The summed E-state index contributed by atoms with van der Waals surface area (Å²) in [4.78, 5) is 0. The van der Waals surface area contributed by atoms with Gasteiger partial charge in [-0.1, -0.05) is 133 Å². The van der Waals surface area contributed by atoms with Gasteiger partial charge in [0.15, 0.2) is 0 Å². The summed E-state index contributed by atoms with van der Waals surface area (Å²) in [6.07, 6.45) is 47.9. The van der Waals surface area contributed by atoms with E-state index in [0.29, 0.717) is 6.61 Å². The maximum atomic E-state index is 8.76. The third-order valence-electron chi connectivity index (χ3n) is 7.34. The zero-order valence-electron chi connectivity index (χ0n) is 25.8. The first-order valence-electron chi connectivity index (χ1n) is 17.1. The van der Waals surface area contributed by atoms with Gasteiger partial charge >= 0.3 is 0 Å². The zero-order valence-corrected chi connectivity index (χ0v) is 25.8. The Hall–Kier alpha value is -0.860. The van der Waals surface area contributed by atoms with Gasteiger partial charge in [-0.2, -0.15) is 0 Å². The number of hydrogen-bond acceptors (Lipinski definition) is 2. The molecule has 0 radical (unpaired) electrons. The molecule has 224 valence electrons. The first-order valence-corrected chi connectivity index (χ1v) is 17.1. The van der Waals surface area contributed by atoms with Gasteiger partial charge in [0.25, 0.3) is 0 Å². The SMILES string of the molecule is CCCCCCCCC=CCCCCCCCCOCCCCCC=CC/C=C/CCCCCCCCO. The molecule has 0 aliphatic carbocycles. The summed E-state index contributed by atoms with van der Waals surface area (Å²) < 4.78 is 5.83. The van der Waals surface area contributed by atoms with E-state index in [2.05, 4.69) is 43.4 Å². The Kier molecular flexibility index (Phi) is 35.3. The average molecular weight is 533 g/mol. The summed E-state index contributed by atoms with van der Waals surface area (Å²) in [7, 11) is 0. The Morgan fingerprint density at radius 3 is 1.18 bits per heavy atom. The molecule has 0 atom stereocenters. The fraction of sp³-hybridized carbons (Fsp3) is 0.833. The Morgan fingerprint density at radius 1 is 0.395 bits per heavy atom. The van der Waals surface area contributed by atoms with Crippen LogP contribution in [0, 0.1) is 0 Å². The topological polar surface area (TPSA) is 29.5 Å². The van der Waals surface area contributed by atoms with Crippen molar-refractivity contribution in [1.82, 2.24) is 0 Å². The fourth-order valence-electron chi connectivity index (χ4n) is 4.78. The second-order valence-corrected chi connectivity index (χ2v) is 11.2. The molecule has 0 aromatic heterocycles. The minimum absolute atomic E-state index is 0.350. The summed E-state index contributed by atoms with van der Waals surface area (Å²) in [5, 5.41) is 8.76. The molecule has 2 heteroatoms. The van der Waals surface area contributed by atoms with Gasteiger partial charge in [-0.25, -0.2) is 0 Å². The van der Waals surface area contributed by atoms with E-state index in [1.165, 1.54) is 154 Å². The molecule has 0 rings (SSSR count). The lowest BCUT2D eigenvalue weighted by Crippen LogP contribution is -1.97. The van der Waals surface area contributed by atoms with Crippen LogP contribution in [0.1, 0.15) is 174 Å². The van der Waals surface area contributed by atoms with Crippen molar-refractivity contribution in [2.45, 2.75) is 174 Å². The number of aliphatic hydroxyl groups is 1. The lowest BCUT2D eigenvalue weighted by atomic mass is 10.1. The average Bonchev–Trinajstić information content (AvgIpc) is 2.93. The number of aliphatic hydroxyl groups excluding tert-OH is 1. The van der Waals surface area contributed by atoms with Gasteiger partial charge in [0.1, 0.15) is 0 Å². The predicted octanol–water partition coefficient (Wildman–Crippen LogP) is 11.8. The predicted molar refractivity (Wildman–Crippen MR) is 171 cm³/mol. The van der Waals surface area contributed by atoms with Gasteiger partial charge in [0.05, 0.1) is 0 Å². The van der Waals surface area contributed by atoms with Crippen molar-refractivity contribution in [2.75, 3.05) is 19.8 Å². The van der Waals surface area contributed by atoms with E-state index in [4.69, 9.17) is 9.84 Å². The molecule has 2 nitrogen and oxygen atoms in total. The number of unbranched alkanes of at least 4 members (excludes halogenated alkanes) is 21. The van der Waals surface area contributed by atoms with E-state index < -0.39 is 0 Å². The normalized spacial score (nSPS) is 12.2. The van der Waals surface area contributed by atoms with Gasteiger partial charge in [-0.15, -0.1) is 0 Å². The highest BCUT2D eigenvalue weighted by atomic mass is 16.5. The van der Waals surface area contributed by atoms with Crippen molar-refractivity contribution in [3.8, 4) is 0 Å². The Labute approximate surface area is 239 Å². The number of hydrogen-bond donors (Lipinski definition) is 1. The minimum Gasteiger partial charge on any atom is -0.396 e. The zero-order chi connectivity index (χ0) is 27.5. The summed E-state index contributed by atoms with van der Waals surface area (Å²) in [5.74, 6) is 0. The first-order chi connectivity index (χ1) is 18.9. The van der Waals surface area contributed by atoms with Crippen molar-refractivity contribution in [1.29, 1.82) is 0 Å². The smallest absolute Gasteiger partial charge is 0.0466 e. The molecule has 0 fully saturated rings. The van der Waals surface area contributed by atoms with Gasteiger partial charge in [-0.3, -0.25) is 0 Å². The third-order valence-corrected chi connectivity index (χ3v) is 7.34. The van der Waals surface area contributed by atoms with Crippen LogP contribution >= 0.6 is 0 Å². The van der Waals surface area contributed by atoms with Crippen LogP contribution in [-0.4, -0.2) is 24.9 Å². The molecule has 0 saturated carbocycles. The largest absolute Gasteiger partial charge is 0.396 e. The van der Waals surface area contributed by atoms with Crippen LogP contribution in [-0.2, 0) is 4.74 Å². The lowest BCUT2D eigenvalue weighted by molar-refractivity contribution is 0.126. The maximum absolute atomic E-state index is 8.76. The number of allylic oxidation sites excluding steroid dienone is 6. The molecule has 0 bridgehead atoms.